The minimum atomic E-state index is 0.0879. The highest BCUT2D eigenvalue weighted by Crippen LogP contribution is 2.35. The van der Waals surface area contributed by atoms with E-state index in [-0.39, 0.29) is 5.78 Å². The number of nitrogens with zero attached hydrogens (tertiary/aromatic N) is 2. The molecular weight excluding hydrogens is 364 g/mol. The van der Waals surface area contributed by atoms with Crippen LogP contribution in [0.25, 0.3) is 5.70 Å². The number of carbonyl (C=O) groups is 1. The summed E-state index contributed by atoms with van der Waals surface area (Å²) in [5.74, 6) is 2.78. The molecule has 0 spiro atoms. The minimum absolute atomic E-state index is 0.0879. The topological polar surface area (TPSA) is 42.0 Å². The van der Waals surface area contributed by atoms with E-state index in [9.17, 15) is 4.79 Å². The van der Waals surface area contributed by atoms with E-state index in [2.05, 4.69) is 34.2 Å². The van der Waals surface area contributed by atoms with Gasteiger partial charge in [0.25, 0.3) is 0 Å². The van der Waals surface area contributed by atoms with Gasteiger partial charge in [0.1, 0.15) is 17.3 Å². The van der Waals surface area contributed by atoms with Crippen LogP contribution in [0.4, 0.5) is 0 Å². The third kappa shape index (κ3) is 3.99. The van der Waals surface area contributed by atoms with Crippen LogP contribution >= 0.6 is 0 Å². The van der Waals surface area contributed by atoms with Crippen molar-refractivity contribution >= 4 is 11.5 Å². The van der Waals surface area contributed by atoms with Gasteiger partial charge in [-0.3, -0.25) is 4.79 Å². The summed E-state index contributed by atoms with van der Waals surface area (Å²) < 4.78 is 10.5. The Morgan fingerprint density at radius 1 is 0.931 bits per heavy atom. The number of rotatable bonds is 6. The smallest absolute Gasteiger partial charge is 0.182 e. The summed E-state index contributed by atoms with van der Waals surface area (Å²) in [5.41, 5.74) is 2.94. The number of ketones is 1. The number of carbonyl (C=O) groups excluding carboxylic acids is 1. The second-order valence-electron chi connectivity index (χ2n) is 7.23. The minimum Gasteiger partial charge on any atom is -0.497 e. The molecule has 0 aromatic heterocycles. The first kappa shape index (κ1) is 19.1. The Morgan fingerprint density at radius 2 is 1.59 bits per heavy atom. The number of hydrogen-bond donors (Lipinski definition) is 0. The number of benzene rings is 2. The zero-order chi connectivity index (χ0) is 20.2. The molecule has 0 bridgehead atoms. The average Bonchev–Trinajstić information content (AvgIpc) is 2.93. The van der Waals surface area contributed by atoms with Gasteiger partial charge < -0.3 is 19.3 Å². The van der Waals surface area contributed by atoms with E-state index in [1.54, 1.807) is 14.2 Å². The molecular formula is C24H26N2O3. The summed E-state index contributed by atoms with van der Waals surface area (Å²) in [5, 5.41) is 0. The van der Waals surface area contributed by atoms with Crippen molar-refractivity contribution in [3.63, 3.8) is 0 Å². The lowest BCUT2D eigenvalue weighted by Gasteiger charge is -2.26. The Hall–Kier alpha value is -3.21. The predicted octanol–water partition coefficient (Wildman–Crippen LogP) is 4.53. The van der Waals surface area contributed by atoms with Gasteiger partial charge in [-0.1, -0.05) is 0 Å². The predicted molar refractivity (Wildman–Crippen MR) is 114 cm³/mol. The Kier molecular flexibility index (Phi) is 5.56. The van der Waals surface area contributed by atoms with Gasteiger partial charge in [0.2, 0.25) is 0 Å². The van der Waals surface area contributed by atoms with Crippen LogP contribution in [-0.4, -0.2) is 42.9 Å². The molecule has 29 heavy (non-hydrogen) atoms. The maximum absolute atomic E-state index is 12.9. The van der Waals surface area contributed by atoms with E-state index in [0.29, 0.717) is 12.1 Å². The first-order chi connectivity index (χ1) is 14.2. The normalized spacial score (nSPS) is 15.9. The molecule has 2 heterocycles. The molecule has 4 rings (SSSR count). The van der Waals surface area contributed by atoms with E-state index in [4.69, 9.17) is 9.47 Å². The lowest BCUT2D eigenvalue weighted by atomic mass is 10.1. The molecule has 150 valence electrons. The summed E-state index contributed by atoms with van der Waals surface area (Å²) in [6.07, 6.45) is 7.68. The van der Waals surface area contributed by atoms with Gasteiger partial charge in [-0.15, -0.1) is 0 Å². The number of ether oxygens (including phenoxy) is 2. The van der Waals surface area contributed by atoms with E-state index in [1.807, 2.05) is 36.4 Å². The van der Waals surface area contributed by atoms with E-state index < -0.39 is 0 Å². The Bertz CT molecular complexity index is 930. The third-order valence-corrected chi connectivity index (χ3v) is 5.41. The number of hydrogen-bond acceptors (Lipinski definition) is 5. The van der Waals surface area contributed by atoms with Crippen LogP contribution in [0, 0.1) is 0 Å². The Morgan fingerprint density at radius 3 is 2.24 bits per heavy atom. The molecule has 0 aliphatic carbocycles. The van der Waals surface area contributed by atoms with Gasteiger partial charge in [0.15, 0.2) is 5.78 Å². The van der Waals surface area contributed by atoms with Crippen molar-refractivity contribution in [1.82, 2.24) is 9.80 Å². The van der Waals surface area contributed by atoms with E-state index >= 15 is 0 Å². The quantitative estimate of drug-likeness (QED) is 0.678. The van der Waals surface area contributed by atoms with Gasteiger partial charge in [-0.25, -0.2) is 0 Å². The zero-order valence-electron chi connectivity index (χ0n) is 16.9. The summed E-state index contributed by atoms with van der Waals surface area (Å²) in [6.45, 7) is 1.27. The maximum Gasteiger partial charge on any atom is 0.182 e. The fraction of sp³-hybridized carbons (Fsp3) is 0.292. The second kappa shape index (κ2) is 8.43. The van der Waals surface area contributed by atoms with Gasteiger partial charge in [-0.2, -0.15) is 0 Å². The average molecular weight is 390 g/mol. The molecule has 2 aromatic carbocycles. The molecule has 2 aromatic rings. The standard InChI is InChI=1S/C24H26N2O3/c1-28-20-11-7-18(8-12-20)22-16-25(24-6-4-3-5-15-26(22)24)17-23(27)19-9-13-21(29-2)14-10-19/h6-14,16H,3-5,15,17H2,1-2H3. The first-order valence-corrected chi connectivity index (χ1v) is 9.97. The molecule has 5 heteroatoms. The zero-order valence-corrected chi connectivity index (χ0v) is 16.9. The van der Waals surface area contributed by atoms with Crippen LogP contribution in [-0.2, 0) is 0 Å². The highest BCUT2D eigenvalue weighted by Gasteiger charge is 2.29. The van der Waals surface area contributed by atoms with Crippen molar-refractivity contribution in [1.29, 1.82) is 0 Å². The monoisotopic (exact) mass is 390 g/mol. The second-order valence-corrected chi connectivity index (χ2v) is 7.23. The fourth-order valence-corrected chi connectivity index (χ4v) is 3.81. The summed E-state index contributed by atoms with van der Waals surface area (Å²) >= 11 is 0. The Labute approximate surface area is 171 Å². The number of Topliss-reactive ketones (excluding diaryl/α,β-unsaturated/α-hetero) is 1. The van der Waals surface area contributed by atoms with Crippen molar-refractivity contribution in [3.05, 3.63) is 77.8 Å². The maximum atomic E-state index is 12.9. The largest absolute Gasteiger partial charge is 0.497 e. The lowest BCUT2D eigenvalue weighted by molar-refractivity contribution is 0.0962. The molecule has 0 saturated carbocycles. The SMILES string of the molecule is COc1ccc(C(=O)CN2C=C(c3ccc(OC)cc3)N3CCCCC=C23)cc1. The Balaban J connectivity index is 1.60. The molecule has 0 saturated heterocycles. The van der Waals surface area contributed by atoms with Gasteiger partial charge in [0, 0.05) is 18.3 Å². The van der Waals surface area contributed by atoms with Crippen molar-refractivity contribution in [2.45, 2.75) is 19.3 Å². The molecule has 0 N–H and O–H groups in total. The summed E-state index contributed by atoms with van der Waals surface area (Å²) in [6, 6.07) is 15.4. The lowest BCUT2D eigenvalue weighted by Crippen LogP contribution is -2.28. The number of fused-ring (bicyclic) bond motifs is 1. The highest BCUT2D eigenvalue weighted by molar-refractivity contribution is 5.98. The molecule has 0 fully saturated rings. The first-order valence-electron chi connectivity index (χ1n) is 9.97. The van der Waals surface area contributed by atoms with Gasteiger partial charge in [-0.05, 0) is 79.4 Å². The van der Waals surface area contributed by atoms with Crippen LogP contribution in [0.3, 0.4) is 0 Å². The third-order valence-electron chi connectivity index (χ3n) is 5.41. The van der Waals surface area contributed by atoms with Crippen LogP contribution in [0.1, 0.15) is 35.2 Å². The van der Waals surface area contributed by atoms with Gasteiger partial charge >= 0.3 is 0 Å². The summed E-state index contributed by atoms with van der Waals surface area (Å²) in [4.78, 5) is 17.3. The van der Waals surface area contributed by atoms with Crippen LogP contribution in [0.5, 0.6) is 11.5 Å². The molecule has 5 nitrogen and oxygen atoms in total. The molecule has 0 amide bonds. The van der Waals surface area contributed by atoms with E-state index in [0.717, 1.165) is 54.4 Å². The van der Waals surface area contributed by atoms with Crippen LogP contribution < -0.4 is 9.47 Å². The number of methoxy groups -OCH3 is 2. The molecule has 0 unspecified atom stereocenters. The number of allylic oxidation sites excluding steroid dienone is 1. The van der Waals surface area contributed by atoms with Crippen molar-refractivity contribution in [3.8, 4) is 11.5 Å². The molecule has 0 radical (unpaired) electrons. The van der Waals surface area contributed by atoms with Crippen molar-refractivity contribution in [2.75, 3.05) is 27.3 Å². The molecule has 2 aliphatic heterocycles. The van der Waals surface area contributed by atoms with Crippen molar-refractivity contribution in [2.24, 2.45) is 0 Å². The van der Waals surface area contributed by atoms with Crippen LogP contribution in [0.2, 0.25) is 0 Å². The van der Waals surface area contributed by atoms with Crippen molar-refractivity contribution < 1.29 is 14.3 Å². The molecule has 2 aliphatic rings. The molecule has 0 atom stereocenters. The van der Waals surface area contributed by atoms with Crippen LogP contribution in [0.15, 0.2) is 66.6 Å². The fourth-order valence-electron chi connectivity index (χ4n) is 3.81. The van der Waals surface area contributed by atoms with E-state index in [1.165, 1.54) is 0 Å². The van der Waals surface area contributed by atoms with Gasteiger partial charge in [0.05, 0.1) is 26.5 Å². The summed E-state index contributed by atoms with van der Waals surface area (Å²) in [7, 11) is 3.30. The highest BCUT2D eigenvalue weighted by atomic mass is 16.5.